The minimum absolute atomic E-state index is 0.0316. The minimum Gasteiger partial charge on any atom is -0.497 e. The van der Waals surface area contributed by atoms with Crippen molar-refractivity contribution in [2.45, 2.75) is 0 Å². The van der Waals surface area contributed by atoms with Gasteiger partial charge in [0, 0.05) is 29.6 Å². The Labute approximate surface area is 248 Å². The van der Waals surface area contributed by atoms with Gasteiger partial charge in [-0.2, -0.15) is 0 Å². The number of hydrogen-bond acceptors (Lipinski definition) is 9. The number of ether oxygens (including phenoxy) is 3. The third-order valence-corrected chi connectivity index (χ3v) is 7.05. The van der Waals surface area contributed by atoms with E-state index in [2.05, 4.69) is 20.6 Å². The molecule has 0 radical (unpaired) electrons. The number of anilines is 5. The summed E-state index contributed by atoms with van der Waals surface area (Å²) in [5.41, 5.74) is 1.53. The number of rotatable bonds is 10. The van der Waals surface area contributed by atoms with E-state index in [9.17, 15) is 17.6 Å². The van der Waals surface area contributed by atoms with Crippen LogP contribution in [0.3, 0.4) is 0 Å². The van der Waals surface area contributed by atoms with Crippen LogP contribution in [-0.2, 0) is 10.9 Å². The fraction of sp³-hybridized carbons (Fsp3) is 0.100. The quantitative estimate of drug-likeness (QED) is 0.178. The average molecular weight is 604 g/mol. The van der Waals surface area contributed by atoms with Crippen molar-refractivity contribution in [3.05, 3.63) is 96.3 Å². The summed E-state index contributed by atoms with van der Waals surface area (Å²) < 4.78 is 56.9. The molecule has 0 saturated heterocycles. The number of nitrogens with one attached hydrogen (secondary N) is 2. The van der Waals surface area contributed by atoms with E-state index in [1.54, 1.807) is 54.6 Å². The highest BCUT2D eigenvalue weighted by atomic mass is 32.2. The van der Waals surface area contributed by atoms with Crippen LogP contribution in [0.2, 0.25) is 0 Å². The predicted molar refractivity (Wildman–Crippen MR) is 162 cm³/mol. The first-order chi connectivity index (χ1) is 20.8. The third kappa shape index (κ3) is 6.26. The summed E-state index contributed by atoms with van der Waals surface area (Å²) in [6.45, 7) is 0. The average Bonchev–Trinajstić information content (AvgIpc) is 3.00. The van der Waals surface area contributed by atoms with Crippen molar-refractivity contribution in [2.75, 3.05) is 36.3 Å². The van der Waals surface area contributed by atoms with Crippen LogP contribution in [0.4, 0.5) is 33.1 Å². The van der Waals surface area contributed by atoms with Gasteiger partial charge in [0.2, 0.25) is 10.9 Å². The summed E-state index contributed by atoms with van der Waals surface area (Å²) in [4.78, 5) is 22.3. The highest BCUT2D eigenvalue weighted by Crippen LogP contribution is 2.36. The Hall–Kier alpha value is -5.43. The fourth-order valence-electron chi connectivity index (χ4n) is 4.34. The van der Waals surface area contributed by atoms with E-state index >= 15 is 0 Å². The summed E-state index contributed by atoms with van der Waals surface area (Å²) in [6, 6.07) is 22.1. The van der Waals surface area contributed by atoms with Gasteiger partial charge in [-0.15, -0.1) is 0 Å². The molecule has 1 aromatic heterocycles. The van der Waals surface area contributed by atoms with E-state index < -0.39 is 22.6 Å². The molecule has 0 aliphatic rings. The molecule has 13 heteroatoms. The molecule has 4 aromatic carbocycles. The van der Waals surface area contributed by atoms with Gasteiger partial charge in [-0.25, -0.2) is 27.1 Å². The lowest BCUT2D eigenvalue weighted by molar-refractivity contribution is 0.102. The van der Waals surface area contributed by atoms with Gasteiger partial charge in [-0.1, -0.05) is 24.3 Å². The van der Waals surface area contributed by atoms with Crippen molar-refractivity contribution in [3.63, 3.8) is 0 Å². The number of aromatic nitrogens is 2. The van der Waals surface area contributed by atoms with Gasteiger partial charge >= 0.3 is 0 Å². The molecule has 0 bridgehead atoms. The van der Waals surface area contributed by atoms with Crippen LogP contribution in [0.1, 0.15) is 10.4 Å². The van der Waals surface area contributed by atoms with Crippen LogP contribution in [0.5, 0.6) is 17.2 Å². The Morgan fingerprint density at radius 3 is 2.12 bits per heavy atom. The molecule has 5 rings (SSSR count). The molecule has 0 aliphatic heterocycles. The molecule has 0 fully saturated rings. The molecule has 11 nitrogen and oxygen atoms in total. The van der Waals surface area contributed by atoms with Gasteiger partial charge in [0.05, 0.1) is 38.1 Å². The van der Waals surface area contributed by atoms with E-state index in [-0.39, 0.29) is 34.3 Å². The van der Waals surface area contributed by atoms with Crippen molar-refractivity contribution in [2.24, 2.45) is 0 Å². The van der Waals surface area contributed by atoms with Crippen molar-refractivity contribution in [3.8, 4) is 17.2 Å². The lowest BCUT2D eigenvalue weighted by Gasteiger charge is -2.21. The lowest BCUT2D eigenvalue weighted by Crippen LogP contribution is -2.19. The van der Waals surface area contributed by atoms with Crippen molar-refractivity contribution in [1.82, 2.24) is 9.97 Å². The van der Waals surface area contributed by atoms with Crippen LogP contribution in [0.25, 0.3) is 11.0 Å². The van der Waals surface area contributed by atoms with Crippen molar-refractivity contribution >= 4 is 56.5 Å². The van der Waals surface area contributed by atoms with Gasteiger partial charge < -0.3 is 24.8 Å². The van der Waals surface area contributed by atoms with E-state index in [0.717, 1.165) is 10.4 Å². The second-order valence-electron chi connectivity index (χ2n) is 8.98. The van der Waals surface area contributed by atoms with Crippen LogP contribution in [0.15, 0.2) is 84.9 Å². The molecule has 1 heterocycles. The molecule has 0 aliphatic carbocycles. The first-order valence-electron chi connectivity index (χ1n) is 12.8. The first-order valence-corrected chi connectivity index (χ1v) is 13.9. The Morgan fingerprint density at radius 1 is 0.791 bits per heavy atom. The van der Waals surface area contributed by atoms with Gasteiger partial charge in [0.15, 0.2) is 11.6 Å². The minimum atomic E-state index is -3.32. The number of carbonyl (C=O) groups excluding carboxylic acids is 1. The largest absolute Gasteiger partial charge is 0.497 e. The second-order valence-corrected chi connectivity index (χ2v) is 9.86. The summed E-state index contributed by atoms with van der Waals surface area (Å²) in [5.74, 6) is -0.403. The molecule has 5 aromatic rings. The van der Waals surface area contributed by atoms with Crippen LogP contribution < -0.4 is 29.1 Å². The summed E-state index contributed by atoms with van der Waals surface area (Å²) in [5, 5.41) is 5.75. The van der Waals surface area contributed by atoms with E-state index in [1.165, 1.54) is 45.6 Å². The zero-order valence-corrected chi connectivity index (χ0v) is 24.1. The molecular formula is C30H26FN5O6S. The Kier molecular flexibility index (Phi) is 8.53. The molecule has 0 atom stereocenters. The van der Waals surface area contributed by atoms with Gasteiger partial charge in [-0.3, -0.25) is 4.79 Å². The monoisotopic (exact) mass is 603 g/mol. The number of halogens is 1. The molecular weight excluding hydrogens is 577 g/mol. The van der Waals surface area contributed by atoms with Crippen LogP contribution in [0, 0.1) is 5.82 Å². The molecule has 2 N–H and O–H groups in total. The van der Waals surface area contributed by atoms with Crippen LogP contribution in [-0.4, -0.2) is 45.6 Å². The van der Waals surface area contributed by atoms with E-state index in [1.807, 2.05) is 0 Å². The number of amides is 1. The Bertz CT molecular complexity index is 1870. The number of para-hydroxylation sites is 2. The normalized spacial score (nSPS) is 10.8. The Morgan fingerprint density at radius 2 is 1.47 bits per heavy atom. The van der Waals surface area contributed by atoms with Gasteiger partial charge in [0.1, 0.15) is 28.6 Å². The molecule has 1 amide bonds. The summed E-state index contributed by atoms with van der Waals surface area (Å²) in [7, 11) is 1.03. The second kappa shape index (κ2) is 12.6. The van der Waals surface area contributed by atoms with E-state index in [4.69, 9.17) is 14.2 Å². The lowest BCUT2D eigenvalue weighted by atomic mass is 10.1. The number of methoxy groups -OCH3 is 3. The van der Waals surface area contributed by atoms with Crippen LogP contribution >= 0.6 is 0 Å². The van der Waals surface area contributed by atoms with Gasteiger partial charge in [0.25, 0.3) is 5.91 Å². The molecule has 0 spiro atoms. The predicted octanol–water partition coefficient (Wildman–Crippen LogP) is 5.46. The van der Waals surface area contributed by atoms with Gasteiger partial charge in [-0.05, 0) is 42.5 Å². The number of fused-ring (bicyclic) bond motifs is 1. The third-order valence-electron chi connectivity index (χ3n) is 6.30. The topological polar surface area (TPSA) is 132 Å². The summed E-state index contributed by atoms with van der Waals surface area (Å²) >= 11 is 0. The highest BCUT2D eigenvalue weighted by Gasteiger charge is 2.23. The maximum Gasteiger partial charge on any atom is 0.262 e. The molecule has 0 unspecified atom stereocenters. The Balaban J connectivity index is 1.58. The fourth-order valence-corrected chi connectivity index (χ4v) is 4.94. The number of benzene rings is 4. The maximum atomic E-state index is 14.5. The summed E-state index contributed by atoms with van der Waals surface area (Å²) in [6.07, 6.45) is 0. The smallest absolute Gasteiger partial charge is 0.262 e. The number of hydrogen-bond donors (Lipinski definition) is 3. The van der Waals surface area contributed by atoms with Crippen molar-refractivity contribution < 1.29 is 31.8 Å². The molecule has 0 saturated carbocycles. The number of carbonyl (C=O) groups is 1. The molecule has 43 heavy (non-hydrogen) atoms. The number of nitrogens with zero attached hydrogens (tertiary/aromatic N) is 3. The maximum absolute atomic E-state index is 14.5. The zero-order chi connectivity index (χ0) is 30.5. The molecule has 220 valence electrons. The first kappa shape index (κ1) is 29.1. The highest BCUT2D eigenvalue weighted by molar-refractivity contribution is 7.74. The SMILES string of the molecule is COc1cc(Nc2nc3ccccc3nc2N(c2cccc(NC(=O)c3c(F)cccc3OC)c2)[SH](=O)=O)cc(OC)c1. The standard InChI is InChI=1S/C30H26FN5O6S/c1-40-21-15-19(16-22(17-21)41-2)32-28-29(35-25-12-5-4-11-24(25)34-28)36(43(38)39)20-9-6-8-18(14-20)33-30(37)27-23(31)10-7-13-26(27)42-3/h4-17,43H,1-3H3,(H,32,34)(H,33,37). The number of thiol groups is 1. The zero-order valence-electron chi connectivity index (χ0n) is 23.2. The van der Waals surface area contributed by atoms with Crippen molar-refractivity contribution in [1.29, 1.82) is 0 Å². The van der Waals surface area contributed by atoms with E-state index in [0.29, 0.717) is 28.2 Å².